The molecule has 0 aliphatic carbocycles. The molecule has 1 unspecified atom stereocenters. The van der Waals surface area contributed by atoms with Gasteiger partial charge >= 0.3 is 6.09 Å². The third-order valence-corrected chi connectivity index (χ3v) is 6.04. The van der Waals surface area contributed by atoms with Crippen LogP contribution >= 0.6 is 0 Å². The summed E-state index contributed by atoms with van der Waals surface area (Å²) in [5, 5.41) is 7.11. The van der Waals surface area contributed by atoms with Gasteiger partial charge in [0.05, 0.1) is 19.2 Å². The van der Waals surface area contributed by atoms with Gasteiger partial charge in [-0.05, 0) is 43.5 Å². The predicted octanol–water partition coefficient (Wildman–Crippen LogP) is 3.89. The summed E-state index contributed by atoms with van der Waals surface area (Å²) in [5.74, 6) is 0.600. The molecule has 1 aliphatic rings. The van der Waals surface area contributed by atoms with E-state index in [0.29, 0.717) is 41.8 Å². The van der Waals surface area contributed by atoms with E-state index < -0.39 is 0 Å². The van der Waals surface area contributed by atoms with Crippen LogP contribution < -0.4 is 5.32 Å². The van der Waals surface area contributed by atoms with Crippen molar-refractivity contribution in [3.63, 3.8) is 0 Å². The molecule has 174 valence electrons. The Morgan fingerprint density at radius 2 is 2.12 bits per heavy atom. The van der Waals surface area contributed by atoms with Gasteiger partial charge in [0.1, 0.15) is 11.3 Å². The van der Waals surface area contributed by atoms with Crippen molar-refractivity contribution >= 4 is 23.3 Å². The molecule has 0 radical (unpaired) electrons. The predicted molar refractivity (Wildman–Crippen MR) is 124 cm³/mol. The summed E-state index contributed by atoms with van der Waals surface area (Å²) in [5.41, 5.74) is 3.40. The summed E-state index contributed by atoms with van der Waals surface area (Å²) >= 11 is 0. The standard InChI is InChI=1S/C24H24N6O4/c1-15-8-9-16(12-18(15)26-22(31)19-13-25-20-7-3-4-11-30(19)20)21-27-23(34-28-21)17-6-5-10-29(14-17)24(32)33-2/h3-4,7-9,11-13,17H,5-6,10,14H2,1-2H3,(H,26,31). The fourth-order valence-electron chi connectivity index (χ4n) is 4.17. The molecule has 1 atom stereocenters. The van der Waals surface area contributed by atoms with E-state index in [9.17, 15) is 9.59 Å². The molecule has 0 bridgehead atoms. The van der Waals surface area contributed by atoms with Crippen LogP contribution in [0.2, 0.25) is 0 Å². The minimum Gasteiger partial charge on any atom is -0.453 e. The lowest BCUT2D eigenvalue weighted by Crippen LogP contribution is -2.39. The van der Waals surface area contributed by atoms with Crippen molar-refractivity contribution in [1.29, 1.82) is 0 Å². The molecule has 4 heterocycles. The molecular formula is C24H24N6O4. The third-order valence-electron chi connectivity index (χ3n) is 6.04. The molecule has 10 nitrogen and oxygen atoms in total. The summed E-state index contributed by atoms with van der Waals surface area (Å²) in [4.78, 5) is 35.3. The number of imidazole rings is 1. The minimum absolute atomic E-state index is 0.0473. The van der Waals surface area contributed by atoms with E-state index in [1.807, 2.05) is 43.3 Å². The number of fused-ring (bicyclic) bond motifs is 1. The number of rotatable bonds is 4. The Morgan fingerprint density at radius 3 is 2.97 bits per heavy atom. The van der Waals surface area contributed by atoms with Crippen molar-refractivity contribution in [2.45, 2.75) is 25.7 Å². The van der Waals surface area contributed by atoms with Gasteiger partial charge in [-0.3, -0.25) is 9.20 Å². The number of methoxy groups -OCH3 is 1. The highest BCUT2D eigenvalue weighted by Crippen LogP contribution is 2.29. The van der Waals surface area contributed by atoms with Crippen LogP contribution in [-0.2, 0) is 4.74 Å². The van der Waals surface area contributed by atoms with Gasteiger partial charge in [-0.2, -0.15) is 4.98 Å². The molecule has 5 rings (SSSR count). The van der Waals surface area contributed by atoms with E-state index in [1.165, 1.54) is 7.11 Å². The molecule has 1 saturated heterocycles. The summed E-state index contributed by atoms with van der Waals surface area (Å²) in [6.07, 6.45) is 4.69. The van der Waals surface area contributed by atoms with Gasteiger partial charge in [0.15, 0.2) is 0 Å². The number of carbonyl (C=O) groups excluding carboxylic acids is 2. The van der Waals surface area contributed by atoms with Gasteiger partial charge < -0.3 is 19.5 Å². The number of nitrogens with zero attached hydrogens (tertiary/aromatic N) is 5. The third kappa shape index (κ3) is 4.09. The van der Waals surface area contributed by atoms with E-state index >= 15 is 0 Å². The molecule has 1 aliphatic heterocycles. The maximum Gasteiger partial charge on any atom is 0.409 e. The van der Waals surface area contributed by atoms with E-state index in [4.69, 9.17) is 9.26 Å². The van der Waals surface area contributed by atoms with Crippen LogP contribution in [0.15, 0.2) is 53.3 Å². The summed E-state index contributed by atoms with van der Waals surface area (Å²) in [7, 11) is 1.37. The minimum atomic E-state index is -0.352. The maximum absolute atomic E-state index is 12.9. The average Bonchev–Trinajstić information content (AvgIpc) is 3.53. The van der Waals surface area contributed by atoms with Crippen molar-refractivity contribution in [1.82, 2.24) is 24.4 Å². The number of anilines is 1. The molecule has 2 amide bonds. The van der Waals surface area contributed by atoms with Crippen LogP contribution in [0.1, 0.15) is 40.7 Å². The molecular weight excluding hydrogens is 436 g/mol. The second kappa shape index (κ2) is 8.97. The zero-order valence-corrected chi connectivity index (χ0v) is 18.9. The molecule has 3 aromatic heterocycles. The Balaban J connectivity index is 1.35. The fourth-order valence-corrected chi connectivity index (χ4v) is 4.17. The van der Waals surface area contributed by atoms with Crippen molar-refractivity contribution in [3.05, 3.63) is 65.9 Å². The molecule has 34 heavy (non-hydrogen) atoms. The lowest BCUT2D eigenvalue weighted by atomic mass is 9.98. The highest BCUT2D eigenvalue weighted by atomic mass is 16.5. The van der Waals surface area contributed by atoms with Crippen molar-refractivity contribution < 1.29 is 18.8 Å². The SMILES string of the molecule is COC(=O)N1CCCC(c2nc(-c3ccc(C)c(NC(=O)c4cnc5ccccn45)c3)no2)C1. The molecule has 0 saturated carbocycles. The Kier molecular flexibility index (Phi) is 5.70. The van der Waals surface area contributed by atoms with Crippen LogP contribution in [0.3, 0.4) is 0 Å². The van der Waals surface area contributed by atoms with Crippen LogP contribution in [-0.4, -0.2) is 56.6 Å². The lowest BCUT2D eigenvalue weighted by Gasteiger charge is -2.29. The molecule has 4 aromatic rings. The number of likely N-dealkylation sites (tertiary alicyclic amines) is 1. The zero-order valence-electron chi connectivity index (χ0n) is 18.9. The molecule has 0 spiro atoms. The summed E-state index contributed by atoms with van der Waals surface area (Å²) in [6.45, 7) is 3.04. The van der Waals surface area contributed by atoms with Crippen molar-refractivity contribution in [3.8, 4) is 11.4 Å². The van der Waals surface area contributed by atoms with E-state index in [1.54, 1.807) is 21.7 Å². The molecule has 1 fully saturated rings. The quantitative estimate of drug-likeness (QED) is 0.491. The average molecular weight is 460 g/mol. The maximum atomic E-state index is 12.9. The van der Waals surface area contributed by atoms with Gasteiger partial charge in [0, 0.05) is 30.5 Å². The Morgan fingerprint density at radius 1 is 1.24 bits per heavy atom. The number of benzene rings is 1. The second-order valence-electron chi connectivity index (χ2n) is 8.27. The summed E-state index contributed by atoms with van der Waals surface area (Å²) in [6, 6.07) is 11.2. The monoisotopic (exact) mass is 460 g/mol. The van der Waals surface area contributed by atoms with Gasteiger partial charge in [-0.25, -0.2) is 9.78 Å². The van der Waals surface area contributed by atoms with E-state index in [0.717, 1.165) is 24.0 Å². The Labute approximate surface area is 195 Å². The van der Waals surface area contributed by atoms with Crippen LogP contribution in [0.5, 0.6) is 0 Å². The molecule has 1 N–H and O–H groups in total. The number of amides is 2. The number of aromatic nitrogens is 4. The van der Waals surface area contributed by atoms with E-state index in [2.05, 4.69) is 20.4 Å². The molecule has 1 aromatic carbocycles. The second-order valence-corrected chi connectivity index (χ2v) is 8.27. The van der Waals surface area contributed by atoms with Crippen LogP contribution in [0.4, 0.5) is 10.5 Å². The van der Waals surface area contributed by atoms with Gasteiger partial charge in [-0.15, -0.1) is 0 Å². The Hall–Kier alpha value is -4.21. The first-order chi connectivity index (χ1) is 16.5. The highest BCUT2D eigenvalue weighted by molar-refractivity contribution is 6.04. The number of hydrogen-bond acceptors (Lipinski definition) is 7. The first-order valence-electron chi connectivity index (χ1n) is 11.0. The largest absolute Gasteiger partial charge is 0.453 e. The number of ether oxygens (including phenoxy) is 1. The first-order valence-corrected chi connectivity index (χ1v) is 11.0. The van der Waals surface area contributed by atoms with Crippen molar-refractivity contribution in [2.75, 3.05) is 25.5 Å². The lowest BCUT2D eigenvalue weighted by molar-refractivity contribution is 0.102. The van der Waals surface area contributed by atoms with Gasteiger partial charge in [0.25, 0.3) is 5.91 Å². The number of carbonyl (C=O) groups is 2. The number of aryl methyl sites for hydroxylation is 1. The number of piperidine rings is 1. The highest BCUT2D eigenvalue weighted by Gasteiger charge is 2.29. The van der Waals surface area contributed by atoms with E-state index in [-0.39, 0.29) is 17.9 Å². The number of nitrogens with one attached hydrogen (secondary N) is 1. The van der Waals surface area contributed by atoms with Gasteiger partial charge in [0.2, 0.25) is 11.7 Å². The summed E-state index contributed by atoms with van der Waals surface area (Å²) < 4.78 is 12.1. The zero-order chi connectivity index (χ0) is 23.7. The van der Waals surface area contributed by atoms with Crippen LogP contribution in [0, 0.1) is 6.92 Å². The fraction of sp³-hybridized carbons (Fsp3) is 0.292. The normalized spacial score (nSPS) is 15.9. The van der Waals surface area contributed by atoms with Gasteiger partial charge in [-0.1, -0.05) is 23.4 Å². The Bertz CT molecular complexity index is 1360. The smallest absolute Gasteiger partial charge is 0.409 e. The number of pyridine rings is 1. The topological polar surface area (TPSA) is 115 Å². The number of hydrogen-bond donors (Lipinski definition) is 1. The molecule has 10 heteroatoms. The van der Waals surface area contributed by atoms with Crippen molar-refractivity contribution in [2.24, 2.45) is 0 Å². The first kappa shape index (κ1) is 21.6. The van der Waals surface area contributed by atoms with Crippen LogP contribution in [0.25, 0.3) is 17.0 Å².